The highest BCUT2D eigenvalue weighted by Gasteiger charge is 2.38. The summed E-state index contributed by atoms with van der Waals surface area (Å²) >= 11 is 9.18. The minimum atomic E-state index is -1.01. The number of hydrogen-bond acceptors (Lipinski definition) is 3. The molecular formula is C13H16BrClO3. The summed E-state index contributed by atoms with van der Waals surface area (Å²) in [5.41, 5.74) is -0.396. The molecule has 18 heavy (non-hydrogen) atoms. The number of carbonyl (C=O) groups excluding carboxylic acids is 1. The van der Waals surface area contributed by atoms with E-state index in [2.05, 4.69) is 15.9 Å². The Morgan fingerprint density at radius 2 is 2.17 bits per heavy atom. The van der Waals surface area contributed by atoms with Crippen molar-refractivity contribution in [3.8, 4) is 0 Å². The van der Waals surface area contributed by atoms with Crippen LogP contribution in [-0.4, -0.2) is 17.7 Å². The lowest BCUT2D eigenvalue weighted by molar-refractivity contribution is -0.160. The van der Waals surface area contributed by atoms with E-state index in [4.69, 9.17) is 16.3 Å². The van der Waals surface area contributed by atoms with Crippen molar-refractivity contribution in [3.63, 3.8) is 0 Å². The van der Waals surface area contributed by atoms with Crippen LogP contribution in [0.1, 0.15) is 32.4 Å². The number of aliphatic hydroxyl groups excluding tert-OH is 1. The van der Waals surface area contributed by atoms with Gasteiger partial charge >= 0.3 is 5.97 Å². The van der Waals surface area contributed by atoms with Gasteiger partial charge < -0.3 is 9.84 Å². The molecule has 0 spiro atoms. The van der Waals surface area contributed by atoms with Crippen molar-refractivity contribution in [2.24, 2.45) is 5.41 Å². The Labute approximate surface area is 120 Å². The summed E-state index contributed by atoms with van der Waals surface area (Å²) in [6.45, 7) is 5.33. The van der Waals surface area contributed by atoms with Crippen molar-refractivity contribution in [2.45, 2.75) is 26.9 Å². The smallest absolute Gasteiger partial charge is 0.314 e. The first-order valence-electron chi connectivity index (χ1n) is 5.61. The molecule has 100 valence electrons. The van der Waals surface area contributed by atoms with E-state index in [-0.39, 0.29) is 0 Å². The topological polar surface area (TPSA) is 46.5 Å². The van der Waals surface area contributed by atoms with E-state index in [1.807, 2.05) is 0 Å². The van der Waals surface area contributed by atoms with E-state index in [1.54, 1.807) is 39.0 Å². The average molecular weight is 336 g/mol. The summed E-state index contributed by atoms with van der Waals surface area (Å²) in [7, 11) is 0. The fraction of sp³-hybridized carbons (Fsp3) is 0.462. The maximum Gasteiger partial charge on any atom is 0.314 e. The van der Waals surface area contributed by atoms with Crippen molar-refractivity contribution in [3.05, 3.63) is 33.3 Å². The van der Waals surface area contributed by atoms with Crippen molar-refractivity contribution in [2.75, 3.05) is 6.61 Å². The molecule has 1 N–H and O–H groups in total. The van der Waals surface area contributed by atoms with Crippen molar-refractivity contribution in [1.29, 1.82) is 0 Å². The molecule has 0 fully saturated rings. The standard InChI is InChI=1S/C13H16BrClO3/c1-4-18-12(17)13(2,3)11(16)8-5-6-10(15)9(14)7-8/h5-7,11,16H,4H2,1-3H3. The summed E-state index contributed by atoms with van der Waals surface area (Å²) in [5.74, 6) is -0.427. The fourth-order valence-electron chi connectivity index (χ4n) is 1.53. The lowest BCUT2D eigenvalue weighted by Crippen LogP contribution is -2.33. The summed E-state index contributed by atoms with van der Waals surface area (Å²) in [5, 5.41) is 10.9. The Kier molecular flexibility index (Phi) is 5.20. The molecule has 0 saturated heterocycles. The minimum Gasteiger partial charge on any atom is -0.465 e. The molecule has 1 unspecified atom stereocenters. The zero-order chi connectivity index (χ0) is 13.9. The number of carbonyl (C=O) groups is 1. The first kappa shape index (κ1) is 15.5. The molecule has 0 heterocycles. The highest BCUT2D eigenvalue weighted by molar-refractivity contribution is 9.10. The van der Waals surface area contributed by atoms with Gasteiger partial charge in [0.1, 0.15) is 0 Å². The van der Waals surface area contributed by atoms with Crippen molar-refractivity contribution in [1.82, 2.24) is 0 Å². The third kappa shape index (κ3) is 3.25. The lowest BCUT2D eigenvalue weighted by atomic mass is 9.83. The number of esters is 1. The molecule has 3 nitrogen and oxygen atoms in total. The van der Waals surface area contributed by atoms with Gasteiger partial charge in [-0.25, -0.2) is 0 Å². The van der Waals surface area contributed by atoms with Crippen LogP contribution in [0.2, 0.25) is 5.02 Å². The molecule has 1 rings (SSSR count). The Balaban J connectivity index is 3.01. The van der Waals surface area contributed by atoms with Gasteiger partial charge in [-0.15, -0.1) is 0 Å². The Morgan fingerprint density at radius 3 is 2.67 bits per heavy atom. The highest BCUT2D eigenvalue weighted by Crippen LogP contribution is 2.36. The molecule has 1 aromatic carbocycles. The van der Waals surface area contributed by atoms with Crippen LogP contribution in [0.15, 0.2) is 22.7 Å². The summed E-state index contributed by atoms with van der Waals surface area (Å²) in [6.07, 6.45) is -0.954. The number of benzene rings is 1. The van der Waals surface area contributed by atoms with E-state index < -0.39 is 17.5 Å². The van der Waals surface area contributed by atoms with Gasteiger partial charge in [-0.3, -0.25) is 4.79 Å². The second kappa shape index (κ2) is 6.04. The molecule has 0 aliphatic heterocycles. The van der Waals surface area contributed by atoms with Gasteiger partial charge in [0.15, 0.2) is 0 Å². The SMILES string of the molecule is CCOC(=O)C(C)(C)C(O)c1ccc(Cl)c(Br)c1. The molecule has 0 radical (unpaired) electrons. The van der Waals surface area contributed by atoms with Gasteiger partial charge in [0.2, 0.25) is 0 Å². The third-order valence-electron chi connectivity index (χ3n) is 2.74. The maximum absolute atomic E-state index is 11.8. The summed E-state index contributed by atoms with van der Waals surface area (Å²) < 4.78 is 5.65. The van der Waals surface area contributed by atoms with Crippen LogP contribution in [-0.2, 0) is 9.53 Å². The zero-order valence-corrected chi connectivity index (χ0v) is 12.9. The highest BCUT2D eigenvalue weighted by atomic mass is 79.9. The predicted octanol–water partition coefficient (Wildman–Crippen LogP) is 3.73. The molecule has 0 aromatic heterocycles. The second-order valence-electron chi connectivity index (χ2n) is 4.52. The molecule has 0 amide bonds. The normalized spacial score (nSPS) is 13.2. The zero-order valence-electron chi connectivity index (χ0n) is 10.5. The van der Waals surface area contributed by atoms with E-state index in [1.165, 1.54) is 0 Å². The van der Waals surface area contributed by atoms with Crippen LogP contribution in [0.3, 0.4) is 0 Å². The minimum absolute atomic E-state index is 0.291. The first-order valence-corrected chi connectivity index (χ1v) is 6.78. The van der Waals surface area contributed by atoms with Gasteiger partial charge in [0.05, 0.1) is 23.1 Å². The Hall–Kier alpha value is -0.580. The Morgan fingerprint density at radius 1 is 1.56 bits per heavy atom. The molecule has 0 aliphatic carbocycles. The number of hydrogen-bond donors (Lipinski definition) is 1. The van der Waals surface area contributed by atoms with Gasteiger partial charge in [-0.05, 0) is 54.4 Å². The Bertz CT molecular complexity index is 446. The van der Waals surface area contributed by atoms with Gasteiger partial charge in [-0.1, -0.05) is 17.7 Å². The molecule has 1 aromatic rings. The largest absolute Gasteiger partial charge is 0.465 e. The first-order chi connectivity index (χ1) is 8.30. The number of rotatable bonds is 4. The predicted molar refractivity (Wildman–Crippen MR) is 74.5 cm³/mol. The molecule has 5 heteroatoms. The van der Waals surface area contributed by atoms with Gasteiger partial charge in [0.25, 0.3) is 0 Å². The van der Waals surface area contributed by atoms with Crippen LogP contribution in [0.25, 0.3) is 0 Å². The second-order valence-corrected chi connectivity index (χ2v) is 5.78. The molecule has 0 aliphatic rings. The monoisotopic (exact) mass is 334 g/mol. The quantitative estimate of drug-likeness (QED) is 0.853. The molecule has 0 bridgehead atoms. The molecule has 1 atom stereocenters. The summed E-state index contributed by atoms with van der Waals surface area (Å²) in [4.78, 5) is 11.8. The molecular weight excluding hydrogens is 319 g/mol. The van der Waals surface area contributed by atoms with Crippen LogP contribution in [0.5, 0.6) is 0 Å². The van der Waals surface area contributed by atoms with E-state index >= 15 is 0 Å². The van der Waals surface area contributed by atoms with Crippen molar-refractivity contribution >= 4 is 33.5 Å². The van der Waals surface area contributed by atoms with E-state index in [0.717, 1.165) is 0 Å². The number of aliphatic hydroxyl groups is 1. The van der Waals surface area contributed by atoms with E-state index in [0.29, 0.717) is 21.7 Å². The average Bonchev–Trinajstić information content (AvgIpc) is 2.32. The van der Waals surface area contributed by atoms with Crippen LogP contribution >= 0.6 is 27.5 Å². The fourth-order valence-corrected chi connectivity index (χ4v) is 2.04. The van der Waals surface area contributed by atoms with Gasteiger partial charge in [-0.2, -0.15) is 0 Å². The maximum atomic E-state index is 11.8. The van der Waals surface area contributed by atoms with Gasteiger partial charge in [0, 0.05) is 4.47 Å². The van der Waals surface area contributed by atoms with Crippen LogP contribution < -0.4 is 0 Å². The van der Waals surface area contributed by atoms with Crippen LogP contribution in [0, 0.1) is 5.41 Å². The number of ether oxygens (including phenoxy) is 1. The van der Waals surface area contributed by atoms with Crippen LogP contribution in [0.4, 0.5) is 0 Å². The lowest BCUT2D eigenvalue weighted by Gasteiger charge is -2.28. The number of halogens is 2. The third-order valence-corrected chi connectivity index (χ3v) is 3.96. The summed E-state index contributed by atoms with van der Waals surface area (Å²) in [6, 6.07) is 5.07. The van der Waals surface area contributed by atoms with Crippen molar-refractivity contribution < 1.29 is 14.6 Å². The van der Waals surface area contributed by atoms with E-state index in [9.17, 15) is 9.90 Å². The molecule has 0 saturated carbocycles.